The van der Waals surface area contributed by atoms with Crippen LogP contribution in [0.15, 0.2) is 164 Å². The summed E-state index contributed by atoms with van der Waals surface area (Å²) in [5.41, 5.74) is 4.13. The Labute approximate surface area is 418 Å². The van der Waals surface area contributed by atoms with Gasteiger partial charge in [0, 0.05) is 51.1 Å². The van der Waals surface area contributed by atoms with Crippen LogP contribution < -0.4 is 30.7 Å². The number of aromatic nitrogens is 2. The number of hydrogen-bond acceptors (Lipinski definition) is 8. The van der Waals surface area contributed by atoms with Gasteiger partial charge in [-0.25, -0.2) is 9.97 Å². The molecule has 0 saturated heterocycles. The summed E-state index contributed by atoms with van der Waals surface area (Å²) in [4.78, 5) is 62.7. The number of benzene rings is 7. The predicted molar refractivity (Wildman–Crippen MR) is 291 cm³/mol. The topological polar surface area (TPSA) is 161 Å². The number of carbonyl (C=O) groups excluding carboxylic acids is 4. The summed E-state index contributed by atoms with van der Waals surface area (Å²) in [6, 6.07) is 51.2. The number of amides is 4. The van der Waals surface area contributed by atoms with E-state index in [1.807, 2.05) is 72.8 Å². The molecule has 0 unspecified atom stereocenters. The van der Waals surface area contributed by atoms with Crippen LogP contribution in [0.1, 0.15) is 52.0 Å². The number of rotatable bonds is 16. The normalized spacial score (nSPS) is 11.2. The fourth-order valence-electron chi connectivity index (χ4n) is 8.23. The zero-order valence-corrected chi connectivity index (χ0v) is 41.2. The zero-order valence-electron chi connectivity index (χ0n) is 40.2. The number of anilines is 4. The lowest BCUT2D eigenvalue weighted by Gasteiger charge is -2.13. The maximum absolute atomic E-state index is 13.8. The van der Waals surface area contributed by atoms with E-state index in [4.69, 9.17) is 9.47 Å². The molecule has 4 amide bonds. The highest BCUT2D eigenvalue weighted by Crippen LogP contribution is 2.36. The summed E-state index contributed by atoms with van der Waals surface area (Å²) in [5.74, 6) is 4.10. The van der Waals surface area contributed by atoms with E-state index in [-0.39, 0.29) is 59.1 Å². The molecule has 0 aliphatic rings. The van der Waals surface area contributed by atoms with Gasteiger partial charge in [0.15, 0.2) is 0 Å². The first-order valence-corrected chi connectivity index (χ1v) is 27.3. The van der Waals surface area contributed by atoms with Gasteiger partial charge in [-0.2, -0.15) is 0 Å². The highest BCUT2D eigenvalue weighted by molar-refractivity contribution is 6.83. The second-order valence-electron chi connectivity index (χ2n) is 18.3. The minimum absolute atomic E-state index is 0.171. The predicted octanol–water partition coefficient (Wildman–Crippen LogP) is 12.4. The number of fused-ring (bicyclic) bond motifs is 4. The van der Waals surface area contributed by atoms with Gasteiger partial charge in [0.1, 0.15) is 42.8 Å². The molecule has 2 heterocycles. The maximum Gasteiger partial charge on any atom is 0.256 e. The second-order valence-corrected chi connectivity index (χ2v) is 23.1. The molecule has 0 spiro atoms. The van der Waals surface area contributed by atoms with Gasteiger partial charge < -0.3 is 30.7 Å². The van der Waals surface area contributed by atoms with Crippen molar-refractivity contribution in [2.45, 2.75) is 45.3 Å². The third-order valence-electron chi connectivity index (χ3n) is 11.6. The average Bonchev–Trinajstić information content (AvgIpc) is 3.37. The summed E-state index contributed by atoms with van der Waals surface area (Å²) >= 11 is 0. The molecule has 0 atom stereocenters. The van der Waals surface area contributed by atoms with Crippen molar-refractivity contribution in [2.75, 3.05) is 34.5 Å². The Morgan fingerprint density at radius 3 is 1.19 bits per heavy atom. The monoisotopic (exact) mass is 968 g/mol. The fraction of sp³-hybridized carbons (Fsp3) is 0.153. The van der Waals surface area contributed by atoms with Crippen LogP contribution in [0.5, 0.6) is 11.5 Å². The molecular formula is C59H52N6O6Si. The van der Waals surface area contributed by atoms with Gasteiger partial charge in [0.25, 0.3) is 11.8 Å². The van der Waals surface area contributed by atoms with E-state index in [0.717, 1.165) is 54.6 Å². The van der Waals surface area contributed by atoms with Crippen LogP contribution in [-0.4, -0.2) is 54.9 Å². The maximum atomic E-state index is 13.8. The first-order valence-electron chi connectivity index (χ1n) is 23.8. The van der Waals surface area contributed by atoms with E-state index >= 15 is 0 Å². The van der Waals surface area contributed by atoms with Crippen molar-refractivity contribution in [3.8, 4) is 23.0 Å². The van der Waals surface area contributed by atoms with Crippen molar-refractivity contribution < 1.29 is 28.7 Å². The van der Waals surface area contributed by atoms with Crippen LogP contribution in [0.4, 0.5) is 23.3 Å². The Balaban J connectivity index is 0.802. The van der Waals surface area contributed by atoms with Crippen LogP contribution in [-0.2, 0) is 9.59 Å². The second kappa shape index (κ2) is 21.8. The van der Waals surface area contributed by atoms with Crippen molar-refractivity contribution >= 4 is 98.1 Å². The molecular weight excluding hydrogens is 917 g/mol. The lowest BCUT2D eigenvalue weighted by Crippen LogP contribution is -2.19. The molecule has 0 saturated carbocycles. The molecule has 2 aromatic heterocycles. The van der Waals surface area contributed by atoms with Gasteiger partial charge in [0.05, 0.1) is 13.2 Å². The Bertz CT molecular complexity index is 3270. The summed E-state index contributed by atoms with van der Waals surface area (Å²) < 4.78 is 12.6. The molecule has 358 valence electrons. The lowest BCUT2D eigenvalue weighted by atomic mass is 10.0. The molecule has 72 heavy (non-hydrogen) atoms. The van der Waals surface area contributed by atoms with E-state index in [2.05, 4.69) is 98.7 Å². The summed E-state index contributed by atoms with van der Waals surface area (Å²) in [7, 11) is -1.85. The molecule has 9 aromatic rings. The number of ether oxygens (including phenoxy) is 2. The highest BCUT2D eigenvalue weighted by Gasteiger charge is 2.17. The van der Waals surface area contributed by atoms with E-state index in [0.29, 0.717) is 31.6 Å². The SMILES string of the molecule is C[Si](C)(C)C#Cc1cc(C(=O)Nc2cccc(NC(=O)CCCOc3c4ccccc4cc4ccccc34)n2)cc(C(=O)Nc2cccc(NC(=O)CCCOc3c4ccccc4cc4ccccc34)n2)c1. The summed E-state index contributed by atoms with van der Waals surface area (Å²) in [6.45, 7) is 6.97. The van der Waals surface area contributed by atoms with E-state index in [1.165, 1.54) is 6.07 Å². The number of hydrogen-bond donors (Lipinski definition) is 4. The third kappa shape index (κ3) is 12.1. The van der Waals surface area contributed by atoms with E-state index in [1.54, 1.807) is 48.5 Å². The zero-order chi connectivity index (χ0) is 50.0. The van der Waals surface area contributed by atoms with Gasteiger partial charge in [-0.05, 0) is 89.0 Å². The van der Waals surface area contributed by atoms with E-state index < -0.39 is 19.9 Å². The summed E-state index contributed by atoms with van der Waals surface area (Å²) in [5, 5.41) is 19.6. The van der Waals surface area contributed by atoms with Crippen molar-refractivity contribution in [3.05, 3.63) is 180 Å². The average molecular weight is 969 g/mol. The smallest absolute Gasteiger partial charge is 0.256 e. The molecule has 0 bridgehead atoms. The van der Waals surface area contributed by atoms with Gasteiger partial charge in [-0.1, -0.05) is 135 Å². The van der Waals surface area contributed by atoms with Crippen LogP contribution >= 0.6 is 0 Å². The fourth-order valence-corrected chi connectivity index (χ4v) is 8.75. The van der Waals surface area contributed by atoms with Crippen LogP contribution in [0.3, 0.4) is 0 Å². The number of carbonyl (C=O) groups is 4. The largest absolute Gasteiger partial charge is 0.492 e. The first-order chi connectivity index (χ1) is 34.9. The Kier molecular flexibility index (Phi) is 14.6. The Hall–Kier alpha value is -8.86. The molecule has 0 aliphatic carbocycles. The highest BCUT2D eigenvalue weighted by atomic mass is 28.3. The number of nitrogens with one attached hydrogen (secondary N) is 4. The van der Waals surface area contributed by atoms with Crippen molar-refractivity contribution in [3.63, 3.8) is 0 Å². The molecule has 9 rings (SSSR count). The van der Waals surface area contributed by atoms with Crippen LogP contribution in [0, 0.1) is 11.5 Å². The van der Waals surface area contributed by atoms with Crippen molar-refractivity contribution in [1.82, 2.24) is 9.97 Å². The summed E-state index contributed by atoms with van der Waals surface area (Å²) in [6.07, 6.45) is 1.31. The van der Waals surface area contributed by atoms with Gasteiger partial charge in [-0.3, -0.25) is 19.2 Å². The van der Waals surface area contributed by atoms with Crippen LogP contribution in [0.2, 0.25) is 19.6 Å². The minimum atomic E-state index is -1.85. The quantitative estimate of drug-likeness (QED) is 0.0322. The van der Waals surface area contributed by atoms with Crippen LogP contribution in [0.25, 0.3) is 43.1 Å². The molecule has 12 nitrogen and oxygen atoms in total. The Morgan fingerprint density at radius 2 is 0.819 bits per heavy atom. The lowest BCUT2D eigenvalue weighted by molar-refractivity contribution is -0.117. The Morgan fingerprint density at radius 1 is 0.458 bits per heavy atom. The molecule has 0 radical (unpaired) electrons. The molecule has 7 aromatic carbocycles. The third-order valence-corrected chi connectivity index (χ3v) is 12.5. The molecule has 0 fully saturated rings. The van der Waals surface area contributed by atoms with Crippen molar-refractivity contribution in [1.29, 1.82) is 0 Å². The molecule has 4 N–H and O–H groups in total. The minimum Gasteiger partial charge on any atom is -0.492 e. The van der Waals surface area contributed by atoms with Gasteiger partial charge in [-0.15, -0.1) is 5.54 Å². The first kappa shape index (κ1) is 48.2. The standard InChI is InChI=1S/C59H52N6O6Si/c1-72(2,3)33-30-39-34-44(58(68)64-52-26-12-24-50(60-52)62-54(66)28-14-31-70-56-46-20-8-4-16-40(46)36-41-17-5-9-21-47(41)56)38-45(35-39)59(69)65-53-27-13-25-51(61-53)63-55(67)29-15-32-71-57-48-22-10-6-18-42(48)37-43-19-7-11-23-49(43)57/h4-13,16-27,34-38H,14-15,28-29,31-32H2,1-3H3,(H2,60,62,64,66,68)(H2,61,63,65,67,69). The molecule has 13 heteroatoms. The molecule has 0 aliphatic heterocycles. The van der Waals surface area contributed by atoms with Crippen molar-refractivity contribution in [2.24, 2.45) is 0 Å². The number of pyridine rings is 2. The van der Waals surface area contributed by atoms with Gasteiger partial charge in [0.2, 0.25) is 11.8 Å². The van der Waals surface area contributed by atoms with E-state index in [9.17, 15) is 19.2 Å². The van der Waals surface area contributed by atoms with Gasteiger partial charge >= 0.3 is 0 Å². The number of nitrogens with zero attached hydrogens (tertiary/aromatic N) is 2.